The van der Waals surface area contributed by atoms with Gasteiger partial charge in [-0.25, -0.2) is 4.98 Å². The fraction of sp³-hybridized carbons (Fsp3) is 0.444. The van der Waals surface area contributed by atoms with Gasteiger partial charge in [0.25, 0.3) is 5.56 Å². The van der Waals surface area contributed by atoms with Crippen LogP contribution >= 0.6 is 0 Å². The molecule has 1 fully saturated rings. The predicted molar refractivity (Wildman–Crippen MR) is 96.7 cm³/mol. The summed E-state index contributed by atoms with van der Waals surface area (Å²) >= 11 is 0. The minimum atomic E-state index is -0.211. The minimum Gasteiger partial charge on any atom is -0.367 e. The Kier molecular flexibility index (Phi) is 5.29. The van der Waals surface area contributed by atoms with Crippen LogP contribution in [0, 0.1) is 24.2 Å². The number of rotatable bonds is 5. The van der Waals surface area contributed by atoms with Crippen molar-refractivity contribution in [2.75, 3.05) is 10.6 Å². The third kappa shape index (κ3) is 4.35. The van der Waals surface area contributed by atoms with E-state index in [-0.39, 0.29) is 5.56 Å². The number of nitrogens with one attached hydrogen (secondary N) is 3. The van der Waals surface area contributed by atoms with Crippen LogP contribution in [0.25, 0.3) is 0 Å². The molecule has 0 radical (unpaired) electrons. The van der Waals surface area contributed by atoms with Crippen molar-refractivity contribution in [2.24, 2.45) is 5.92 Å². The van der Waals surface area contributed by atoms with Crippen molar-refractivity contribution >= 4 is 17.5 Å². The Labute approximate surface area is 146 Å². The minimum absolute atomic E-state index is 0.211. The molecule has 3 rings (SSSR count). The first kappa shape index (κ1) is 17.0. The van der Waals surface area contributed by atoms with E-state index in [1.807, 2.05) is 6.92 Å². The number of anilines is 3. The quantitative estimate of drug-likeness (QED) is 0.773. The number of aryl methyl sites for hydroxylation is 1. The number of aromatic amines is 1. The molecular formula is C18H22N6O. The second-order valence-corrected chi connectivity index (χ2v) is 6.49. The number of pyridine rings is 1. The van der Waals surface area contributed by atoms with Crippen LogP contribution in [-0.2, 0) is 0 Å². The molecule has 1 aliphatic rings. The van der Waals surface area contributed by atoms with E-state index in [0.717, 1.165) is 37.1 Å². The standard InChI is InChI=1S/C18H22N6O/c1-12-11-21-18(23-15-3-2-10-20-17(15)25)24-16(12)22-14-6-4-13(5-7-14)8-9-19/h2-3,10-11,13-14H,4-8H2,1H3,(H,20,25)(H2,21,22,23,24)/t13-,14-. The van der Waals surface area contributed by atoms with E-state index >= 15 is 0 Å². The maximum absolute atomic E-state index is 11.8. The highest BCUT2D eigenvalue weighted by atomic mass is 16.1. The lowest BCUT2D eigenvalue weighted by Gasteiger charge is -2.28. The normalized spacial score (nSPS) is 19.8. The third-order valence-corrected chi connectivity index (χ3v) is 4.60. The monoisotopic (exact) mass is 338 g/mol. The molecule has 2 aromatic heterocycles. The zero-order valence-electron chi connectivity index (χ0n) is 14.2. The molecule has 0 aliphatic heterocycles. The van der Waals surface area contributed by atoms with E-state index in [4.69, 9.17) is 5.26 Å². The van der Waals surface area contributed by atoms with E-state index in [1.54, 1.807) is 24.5 Å². The fourth-order valence-electron chi connectivity index (χ4n) is 3.12. The molecule has 1 aliphatic carbocycles. The Morgan fingerprint density at radius 1 is 1.36 bits per heavy atom. The summed E-state index contributed by atoms with van der Waals surface area (Å²) in [5.74, 6) is 1.70. The molecule has 0 amide bonds. The first-order chi connectivity index (χ1) is 12.2. The highest BCUT2D eigenvalue weighted by Gasteiger charge is 2.21. The van der Waals surface area contributed by atoms with Crippen molar-refractivity contribution in [3.8, 4) is 6.07 Å². The van der Waals surface area contributed by atoms with Gasteiger partial charge in [-0.05, 0) is 50.7 Å². The summed E-state index contributed by atoms with van der Waals surface area (Å²) in [7, 11) is 0. The molecule has 7 heteroatoms. The molecule has 2 aromatic rings. The molecule has 7 nitrogen and oxygen atoms in total. The van der Waals surface area contributed by atoms with Gasteiger partial charge >= 0.3 is 0 Å². The average Bonchev–Trinajstić information content (AvgIpc) is 2.62. The Balaban J connectivity index is 1.67. The van der Waals surface area contributed by atoms with Crippen LogP contribution in [0.5, 0.6) is 0 Å². The van der Waals surface area contributed by atoms with Gasteiger partial charge in [0.15, 0.2) is 0 Å². The molecule has 25 heavy (non-hydrogen) atoms. The molecule has 1 saturated carbocycles. The van der Waals surface area contributed by atoms with Crippen LogP contribution in [0.1, 0.15) is 37.7 Å². The van der Waals surface area contributed by atoms with Gasteiger partial charge in [-0.1, -0.05) is 0 Å². The van der Waals surface area contributed by atoms with E-state index in [0.29, 0.717) is 30.0 Å². The Morgan fingerprint density at radius 3 is 2.88 bits per heavy atom. The lowest BCUT2D eigenvalue weighted by atomic mass is 9.84. The summed E-state index contributed by atoms with van der Waals surface area (Å²) in [6.45, 7) is 1.96. The molecule has 0 saturated heterocycles. The lowest BCUT2D eigenvalue weighted by Crippen LogP contribution is -2.27. The number of hydrogen-bond acceptors (Lipinski definition) is 6. The van der Waals surface area contributed by atoms with Gasteiger partial charge in [0.1, 0.15) is 11.5 Å². The van der Waals surface area contributed by atoms with Crippen LogP contribution in [-0.4, -0.2) is 21.0 Å². The molecule has 0 bridgehead atoms. The molecule has 0 unspecified atom stereocenters. The average molecular weight is 338 g/mol. The first-order valence-corrected chi connectivity index (χ1v) is 8.57. The van der Waals surface area contributed by atoms with Gasteiger partial charge in [0, 0.05) is 30.4 Å². The highest BCUT2D eigenvalue weighted by molar-refractivity contribution is 5.55. The van der Waals surface area contributed by atoms with Gasteiger partial charge in [0.05, 0.1) is 6.07 Å². The van der Waals surface area contributed by atoms with Crippen molar-refractivity contribution in [3.63, 3.8) is 0 Å². The summed E-state index contributed by atoms with van der Waals surface area (Å²) in [4.78, 5) is 23.2. The van der Waals surface area contributed by atoms with Gasteiger partial charge in [0.2, 0.25) is 5.95 Å². The van der Waals surface area contributed by atoms with Gasteiger partial charge < -0.3 is 15.6 Å². The third-order valence-electron chi connectivity index (χ3n) is 4.60. The summed E-state index contributed by atoms with van der Waals surface area (Å²) < 4.78 is 0. The number of H-pyrrole nitrogens is 1. The highest BCUT2D eigenvalue weighted by Crippen LogP contribution is 2.29. The van der Waals surface area contributed by atoms with Crippen LogP contribution in [0.4, 0.5) is 17.5 Å². The van der Waals surface area contributed by atoms with E-state index in [1.165, 1.54) is 0 Å². The number of hydrogen-bond donors (Lipinski definition) is 3. The summed E-state index contributed by atoms with van der Waals surface area (Å²) in [6.07, 6.45) is 8.20. The fourth-order valence-corrected chi connectivity index (χ4v) is 3.12. The SMILES string of the molecule is Cc1cnc(Nc2ccc[nH]c2=O)nc1N[C@H]1CC[C@H](CC#N)CC1. The molecule has 0 atom stereocenters. The molecule has 2 heterocycles. The van der Waals surface area contributed by atoms with E-state index in [9.17, 15) is 4.79 Å². The number of nitrogens with zero attached hydrogens (tertiary/aromatic N) is 3. The first-order valence-electron chi connectivity index (χ1n) is 8.57. The topological polar surface area (TPSA) is 106 Å². The summed E-state index contributed by atoms with van der Waals surface area (Å²) in [5.41, 5.74) is 1.16. The zero-order chi connectivity index (χ0) is 17.6. The maximum Gasteiger partial charge on any atom is 0.271 e. The second-order valence-electron chi connectivity index (χ2n) is 6.49. The predicted octanol–water partition coefficient (Wildman–Crippen LogP) is 3.10. The van der Waals surface area contributed by atoms with Crippen molar-refractivity contribution in [3.05, 3.63) is 40.4 Å². The summed E-state index contributed by atoms with van der Waals surface area (Å²) in [5, 5.41) is 15.3. The van der Waals surface area contributed by atoms with E-state index in [2.05, 4.69) is 31.7 Å². The zero-order valence-corrected chi connectivity index (χ0v) is 14.2. The largest absolute Gasteiger partial charge is 0.367 e. The number of nitriles is 1. The molecule has 0 spiro atoms. The summed E-state index contributed by atoms with van der Waals surface area (Å²) in [6, 6.07) is 6.06. The van der Waals surface area contributed by atoms with Crippen LogP contribution in [0.2, 0.25) is 0 Å². The van der Waals surface area contributed by atoms with Gasteiger partial charge in [-0.3, -0.25) is 4.79 Å². The van der Waals surface area contributed by atoms with Crippen molar-refractivity contribution in [1.82, 2.24) is 15.0 Å². The molecule has 130 valence electrons. The molecular weight excluding hydrogens is 316 g/mol. The second kappa shape index (κ2) is 7.79. The van der Waals surface area contributed by atoms with Crippen LogP contribution in [0.15, 0.2) is 29.3 Å². The van der Waals surface area contributed by atoms with Crippen LogP contribution in [0.3, 0.4) is 0 Å². The molecule has 3 N–H and O–H groups in total. The maximum atomic E-state index is 11.8. The molecule has 0 aromatic carbocycles. The van der Waals surface area contributed by atoms with Crippen molar-refractivity contribution < 1.29 is 0 Å². The number of aromatic nitrogens is 3. The lowest BCUT2D eigenvalue weighted by molar-refractivity contribution is 0.342. The Bertz CT molecular complexity index is 817. The Hall–Kier alpha value is -2.88. The van der Waals surface area contributed by atoms with Crippen molar-refractivity contribution in [2.45, 2.75) is 45.1 Å². The Morgan fingerprint density at radius 2 is 2.16 bits per heavy atom. The van der Waals surface area contributed by atoms with Crippen molar-refractivity contribution in [1.29, 1.82) is 5.26 Å². The van der Waals surface area contributed by atoms with Gasteiger partial charge in [-0.2, -0.15) is 10.2 Å². The van der Waals surface area contributed by atoms with Crippen LogP contribution < -0.4 is 16.2 Å². The van der Waals surface area contributed by atoms with E-state index < -0.39 is 0 Å². The van der Waals surface area contributed by atoms with Gasteiger partial charge in [-0.15, -0.1) is 0 Å². The smallest absolute Gasteiger partial charge is 0.271 e.